The van der Waals surface area contributed by atoms with Gasteiger partial charge in [0.25, 0.3) is 0 Å². The summed E-state index contributed by atoms with van der Waals surface area (Å²) in [5.41, 5.74) is 7.69. The second kappa shape index (κ2) is 13.5. The maximum Gasteiger partial charge on any atom is 0.355 e. The number of carbonyl (C=O) groups excluding carboxylic acids is 1. The van der Waals surface area contributed by atoms with Crippen LogP contribution < -0.4 is 10.1 Å². The fourth-order valence-corrected chi connectivity index (χ4v) is 7.03. The van der Waals surface area contributed by atoms with E-state index in [0.717, 1.165) is 94.6 Å². The maximum atomic E-state index is 14.3. The Balaban J connectivity index is 1.45. The van der Waals surface area contributed by atoms with Crippen LogP contribution in [0, 0.1) is 20.8 Å². The van der Waals surface area contributed by atoms with E-state index in [9.17, 15) is 4.79 Å². The molecule has 1 aliphatic heterocycles. The van der Waals surface area contributed by atoms with Crippen LogP contribution in [0.15, 0.2) is 54.6 Å². The third-order valence-corrected chi connectivity index (χ3v) is 9.32. The van der Waals surface area contributed by atoms with E-state index in [-0.39, 0.29) is 5.97 Å². The molecule has 1 saturated heterocycles. The van der Waals surface area contributed by atoms with Gasteiger partial charge in [0.15, 0.2) is 0 Å². The molecule has 1 fully saturated rings. The molecule has 5 aromatic rings. The molecule has 8 nitrogen and oxygen atoms in total. The van der Waals surface area contributed by atoms with E-state index in [1.165, 1.54) is 5.56 Å². The Bertz CT molecular complexity index is 1900. The molecule has 0 radical (unpaired) electrons. The van der Waals surface area contributed by atoms with Gasteiger partial charge in [-0.15, -0.1) is 0 Å². The molecule has 3 aromatic carbocycles. The Kier molecular flexibility index (Phi) is 9.44. The molecule has 1 aliphatic rings. The molecule has 248 valence electrons. The minimum Gasteiger partial charge on any atom is -0.493 e. The smallest absolute Gasteiger partial charge is 0.355 e. The highest BCUT2D eigenvalue weighted by atomic mass is 16.6. The number of benzene rings is 3. The first-order chi connectivity index (χ1) is 22.5. The standard InChI is InChI=1S/C39H49N5O3/c1-26-17-18-32-31(15-11-25-46-33-16-10-13-29-12-8-9-14-30(29)33)37(38(45)47-39(4,5)6)44(24-23-43-21-19-40-20-22-43)36(32)34(26)35-27(2)41-42(7)28(35)3/h8-10,12-14,16-18,40H,11,15,19-25H2,1-7H3. The molecule has 0 bridgehead atoms. The van der Waals surface area contributed by atoms with Crippen molar-refractivity contribution in [3.05, 3.63) is 82.8 Å². The van der Waals surface area contributed by atoms with Gasteiger partial charge in [0.05, 0.1) is 17.8 Å². The van der Waals surface area contributed by atoms with E-state index in [0.29, 0.717) is 25.3 Å². The van der Waals surface area contributed by atoms with Crippen molar-refractivity contribution in [3.8, 4) is 16.9 Å². The van der Waals surface area contributed by atoms with Crippen LogP contribution in [-0.2, 0) is 24.8 Å². The Morgan fingerprint density at radius 3 is 2.38 bits per heavy atom. The van der Waals surface area contributed by atoms with E-state index in [1.54, 1.807) is 0 Å². The summed E-state index contributed by atoms with van der Waals surface area (Å²) in [4.78, 5) is 16.8. The molecular weight excluding hydrogens is 586 g/mol. The van der Waals surface area contributed by atoms with Gasteiger partial charge < -0.3 is 19.4 Å². The van der Waals surface area contributed by atoms with Crippen LogP contribution in [0.4, 0.5) is 0 Å². The highest BCUT2D eigenvalue weighted by Crippen LogP contribution is 2.40. The summed E-state index contributed by atoms with van der Waals surface area (Å²) < 4.78 is 16.7. The van der Waals surface area contributed by atoms with Gasteiger partial charge in [-0.25, -0.2) is 4.79 Å². The predicted octanol–water partition coefficient (Wildman–Crippen LogP) is 6.99. The first kappa shape index (κ1) is 32.8. The lowest BCUT2D eigenvalue weighted by Crippen LogP contribution is -2.44. The third kappa shape index (κ3) is 6.81. The van der Waals surface area contributed by atoms with E-state index in [4.69, 9.17) is 14.6 Å². The summed E-state index contributed by atoms with van der Waals surface area (Å²) >= 11 is 0. The van der Waals surface area contributed by atoms with Gasteiger partial charge in [0.2, 0.25) is 0 Å². The van der Waals surface area contributed by atoms with E-state index in [1.807, 2.05) is 56.8 Å². The van der Waals surface area contributed by atoms with Gasteiger partial charge in [-0.1, -0.05) is 48.5 Å². The number of aromatic nitrogens is 3. The number of nitrogens with zero attached hydrogens (tertiary/aromatic N) is 4. The van der Waals surface area contributed by atoms with Crippen LogP contribution >= 0.6 is 0 Å². The van der Waals surface area contributed by atoms with Gasteiger partial charge in [-0.05, 0) is 77.0 Å². The van der Waals surface area contributed by atoms with Crippen LogP contribution in [0.2, 0.25) is 0 Å². The molecule has 2 aromatic heterocycles. The molecule has 0 unspecified atom stereocenters. The summed E-state index contributed by atoms with van der Waals surface area (Å²) in [7, 11) is 2.00. The molecule has 0 spiro atoms. The van der Waals surface area contributed by atoms with Gasteiger partial charge in [-0.2, -0.15) is 5.10 Å². The summed E-state index contributed by atoms with van der Waals surface area (Å²) in [5, 5.41) is 11.6. The first-order valence-corrected chi connectivity index (χ1v) is 17.0. The van der Waals surface area contributed by atoms with Gasteiger partial charge in [0, 0.05) is 73.9 Å². The van der Waals surface area contributed by atoms with Crippen molar-refractivity contribution < 1.29 is 14.3 Å². The van der Waals surface area contributed by atoms with Crippen molar-refractivity contribution in [2.45, 2.75) is 66.5 Å². The lowest BCUT2D eigenvalue weighted by atomic mass is 9.94. The van der Waals surface area contributed by atoms with Gasteiger partial charge >= 0.3 is 5.97 Å². The molecule has 3 heterocycles. The predicted molar refractivity (Wildman–Crippen MR) is 191 cm³/mol. The molecule has 47 heavy (non-hydrogen) atoms. The highest BCUT2D eigenvalue weighted by molar-refractivity contribution is 6.05. The number of rotatable bonds is 10. The monoisotopic (exact) mass is 635 g/mol. The number of piperazine rings is 1. The number of ether oxygens (including phenoxy) is 2. The van der Waals surface area contributed by atoms with Gasteiger partial charge in [0.1, 0.15) is 17.0 Å². The van der Waals surface area contributed by atoms with Crippen molar-refractivity contribution >= 4 is 27.6 Å². The van der Waals surface area contributed by atoms with Crippen molar-refractivity contribution in [3.63, 3.8) is 0 Å². The lowest BCUT2D eigenvalue weighted by molar-refractivity contribution is 0.00561. The minimum atomic E-state index is -0.624. The zero-order chi connectivity index (χ0) is 33.3. The minimum absolute atomic E-state index is 0.276. The fourth-order valence-electron chi connectivity index (χ4n) is 7.03. The highest BCUT2D eigenvalue weighted by Gasteiger charge is 2.30. The van der Waals surface area contributed by atoms with Crippen LogP contribution in [-0.4, -0.2) is 70.1 Å². The fraction of sp³-hybridized carbons (Fsp3) is 0.436. The Morgan fingerprint density at radius 2 is 1.66 bits per heavy atom. The number of fused-ring (bicyclic) bond motifs is 2. The maximum absolute atomic E-state index is 14.3. The molecule has 0 aliphatic carbocycles. The van der Waals surface area contributed by atoms with Crippen molar-refractivity contribution in [2.75, 3.05) is 39.3 Å². The third-order valence-electron chi connectivity index (χ3n) is 9.32. The Labute approximate surface area is 278 Å². The van der Waals surface area contributed by atoms with Crippen LogP contribution in [0.25, 0.3) is 32.8 Å². The molecule has 8 heteroatoms. The summed E-state index contributed by atoms with van der Waals surface area (Å²) in [5.74, 6) is 0.608. The normalized spacial score (nSPS) is 14.3. The molecule has 0 saturated carbocycles. The number of nitrogens with one attached hydrogen (secondary N) is 1. The molecule has 0 amide bonds. The van der Waals surface area contributed by atoms with E-state index >= 15 is 0 Å². The SMILES string of the molecule is Cc1ccc2c(CCCOc3cccc4ccccc34)c(C(=O)OC(C)(C)C)n(CCN3CCNCC3)c2c1-c1c(C)nn(C)c1C. The zero-order valence-electron chi connectivity index (χ0n) is 29.1. The summed E-state index contributed by atoms with van der Waals surface area (Å²) in [6.07, 6.45) is 1.44. The number of hydrogen-bond acceptors (Lipinski definition) is 6. The second-order valence-electron chi connectivity index (χ2n) is 13.8. The molecule has 1 N–H and O–H groups in total. The Morgan fingerprint density at radius 1 is 0.915 bits per heavy atom. The summed E-state index contributed by atoms with van der Waals surface area (Å²) in [6, 6.07) is 18.9. The lowest BCUT2D eigenvalue weighted by Gasteiger charge is -2.28. The number of carbonyl (C=O) groups is 1. The average molecular weight is 636 g/mol. The van der Waals surface area contributed by atoms with Gasteiger partial charge in [-0.3, -0.25) is 9.58 Å². The largest absolute Gasteiger partial charge is 0.493 e. The molecule has 0 atom stereocenters. The van der Waals surface area contributed by atoms with Crippen LogP contribution in [0.1, 0.15) is 60.2 Å². The quantitative estimate of drug-likeness (QED) is 0.132. The number of hydrogen-bond donors (Lipinski definition) is 1. The van der Waals surface area contributed by atoms with E-state index in [2.05, 4.69) is 65.9 Å². The van der Waals surface area contributed by atoms with Crippen molar-refractivity contribution in [1.29, 1.82) is 0 Å². The van der Waals surface area contributed by atoms with Crippen molar-refractivity contribution in [2.24, 2.45) is 7.05 Å². The van der Waals surface area contributed by atoms with Crippen LogP contribution in [0.3, 0.4) is 0 Å². The average Bonchev–Trinajstić information content (AvgIpc) is 3.49. The topological polar surface area (TPSA) is 73.6 Å². The van der Waals surface area contributed by atoms with Crippen molar-refractivity contribution in [1.82, 2.24) is 24.6 Å². The van der Waals surface area contributed by atoms with E-state index < -0.39 is 5.60 Å². The summed E-state index contributed by atoms with van der Waals surface area (Å²) in [6.45, 7) is 18.2. The Hall–Kier alpha value is -4.14. The zero-order valence-corrected chi connectivity index (χ0v) is 29.1. The van der Waals surface area contributed by atoms with Crippen LogP contribution in [0.5, 0.6) is 5.75 Å². The second-order valence-corrected chi connectivity index (χ2v) is 13.8. The molecular formula is C39H49N5O3. The number of esters is 1. The number of aryl methyl sites for hydroxylation is 4. The first-order valence-electron chi connectivity index (χ1n) is 17.0. The molecule has 6 rings (SSSR count).